The van der Waals surface area contributed by atoms with Crippen LogP contribution >= 0.6 is 0 Å². The number of carbonyl (C=O) groups is 1. The highest BCUT2D eigenvalue weighted by molar-refractivity contribution is 5.75. The minimum Gasteiger partial charge on any atom is -0.490 e. The van der Waals surface area contributed by atoms with Crippen LogP contribution in [-0.2, 0) is 6.42 Å². The molecule has 2 aromatic rings. The summed E-state index contributed by atoms with van der Waals surface area (Å²) in [5.41, 5.74) is 1.43. The van der Waals surface area contributed by atoms with Gasteiger partial charge in [0, 0.05) is 17.5 Å². The summed E-state index contributed by atoms with van der Waals surface area (Å²) in [6.45, 7) is 0.360. The van der Waals surface area contributed by atoms with Crippen molar-refractivity contribution in [2.75, 3.05) is 6.61 Å². The highest BCUT2D eigenvalue weighted by Gasteiger charge is 2.23. The predicted octanol–water partition coefficient (Wildman–Crippen LogP) is 3.02. The first-order valence-electron chi connectivity index (χ1n) is 6.38. The molecule has 20 heavy (non-hydrogen) atoms. The van der Waals surface area contributed by atoms with Gasteiger partial charge in [-0.3, -0.25) is 4.79 Å². The van der Waals surface area contributed by atoms with Crippen LogP contribution in [0.5, 0.6) is 11.5 Å². The number of hydrogen-bond donors (Lipinski definition) is 0. The number of carbonyl (C=O) groups excluding carboxylic acids is 1. The van der Waals surface area contributed by atoms with Crippen LogP contribution < -0.4 is 9.47 Å². The number of ether oxygens (including phenoxy) is 2. The lowest BCUT2D eigenvalue weighted by molar-refractivity contribution is 0.112. The number of hydrogen-bond acceptors (Lipinski definition) is 3. The second-order valence-electron chi connectivity index (χ2n) is 4.70. The Morgan fingerprint density at radius 3 is 3.05 bits per heavy atom. The van der Waals surface area contributed by atoms with Crippen molar-refractivity contribution >= 4 is 6.29 Å². The second kappa shape index (κ2) is 5.33. The fourth-order valence-electron chi connectivity index (χ4n) is 2.25. The normalized spacial score (nSPS) is 16.4. The van der Waals surface area contributed by atoms with Crippen molar-refractivity contribution < 1.29 is 18.7 Å². The van der Waals surface area contributed by atoms with Gasteiger partial charge >= 0.3 is 0 Å². The molecule has 1 atom stereocenters. The van der Waals surface area contributed by atoms with Gasteiger partial charge in [-0.2, -0.15) is 0 Å². The van der Waals surface area contributed by atoms with Crippen LogP contribution in [0.2, 0.25) is 0 Å². The van der Waals surface area contributed by atoms with E-state index >= 15 is 0 Å². The van der Waals surface area contributed by atoms with E-state index in [1.165, 1.54) is 12.1 Å². The molecule has 1 unspecified atom stereocenters. The molecule has 4 heteroatoms. The number of halogens is 1. The first-order chi connectivity index (χ1) is 9.74. The molecule has 0 fully saturated rings. The van der Waals surface area contributed by atoms with Crippen LogP contribution in [0.25, 0.3) is 0 Å². The van der Waals surface area contributed by atoms with E-state index < -0.39 is 0 Å². The third kappa shape index (κ3) is 2.64. The Hall–Kier alpha value is -2.36. The lowest BCUT2D eigenvalue weighted by atomic mass is 10.1. The van der Waals surface area contributed by atoms with Crippen molar-refractivity contribution in [2.24, 2.45) is 0 Å². The van der Waals surface area contributed by atoms with E-state index in [9.17, 15) is 9.18 Å². The van der Waals surface area contributed by atoms with Gasteiger partial charge in [0.25, 0.3) is 0 Å². The summed E-state index contributed by atoms with van der Waals surface area (Å²) in [6.07, 6.45) is 1.27. The topological polar surface area (TPSA) is 35.5 Å². The van der Waals surface area contributed by atoms with Crippen LogP contribution in [0.4, 0.5) is 4.39 Å². The molecule has 0 spiro atoms. The third-order valence-electron chi connectivity index (χ3n) is 3.19. The van der Waals surface area contributed by atoms with E-state index in [2.05, 4.69) is 0 Å². The maximum Gasteiger partial charge on any atom is 0.150 e. The molecule has 1 heterocycles. The van der Waals surface area contributed by atoms with Gasteiger partial charge in [0.15, 0.2) is 0 Å². The van der Waals surface area contributed by atoms with Crippen LogP contribution in [0.15, 0.2) is 42.5 Å². The zero-order valence-corrected chi connectivity index (χ0v) is 10.7. The van der Waals surface area contributed by atoms with E-state index in [0.29, 0.717) is 30.1 Å². The van der Waals surface area contributed by atoms with Crippen LogP contribution in [-0.4, -0.2) is 19.0 Å². The molecule has 102 valence electrons. The number of rotatable bonds is 4. The van der Waals surface area contributed by atoms with Crippen molar-refractivity contribution in [3.8, 4) is 11.5 Å². The van der Waals surface area contributed by atoms with Crippen LogP contribution in [0.3, 0.4) is 0 Å². The fourth-order valence-corrected chi connectivity index (χ4v) is 2.25. The molecule has 1 aliphatic rings. The van der Waals surface area contributed by atoms with Crippen molar-refractivity contribution in [1.82, 2.24) is 0 Å². The van der Waals surface area contributed by atoms with Gasteiger partial charge in [0.2, 0.25) is 0 Å². The molecule has 0 aliphatic carbocycles. The zero-order valence-electron chi connectivity index (χ0n) is 10.7. The van der Waals surface area contributed by atoms with Crippen molar-refractivity contribution in [3.05, 3.63) is 59.4 Å². The quantitative estimate of drug-likeness (QED) is 0.803. The molecule has 0 amide bonds. The third-order valence-corrected chi connectivity index (χ3v) is 3.19. The molecule has 0 N–H and O–H groups in total. The Balaban J connectivity index is 1.62. The van der Waals surface area contributed by atoms with Gasteiger partial charge in [-0.05, 0) is 30.3 Å². The van der Waals surface area contributed by atoms with Gasteiger partial charge in [0.1, 0.15) is 36.3 Å². The van der Waals surface area contributed by atoms with E-state index in [1.54, 1.807) is 30.3 Å². The second-order valence-corrected chi connectivity index (χ2v) is 4.70. The summed E-state index contributed by atoms with van der Waals surface area (Å²) >= 11 is 0. The SMILES string of the molecule is O=Cc1cccc(OCC2Cc3cc(F)ccc3O2)c1. The Bertz CT molecular complexity index is 639. The lowest BCUT2D eigenvalue weighted by Crippen LogP contribution is -2.22. The molecule has 2 aromatic carbocycles. The largest absolute Gasteiger partial charge is 0.490 e. The molecule has 0 aromatic heterocycles. The smallest absolute Gasteiger partial charge is 0.150 e. The zero-order chi connectivity index (χ0) is 13.9. The summed E-state index contributed by atoms with van der Waals surface area (Å²) in [6, 6.07) is 11.4. The Morgan fingerprint density at radius 2 is 2.20 bits per heavy atom. The highest BCUT2D eigenvalue weighted by atomic mass is 19.1. The Kier molecular flexibility index (Phi) is 3.37. The molecule has 0 saturated heterocycles. The van der Waals surface area contributed by atoms with Crippen molar-refractivity contribution in [2.45, 2.75) is 12.5 Å². The van der Waals surface area contributed by atoms with Gasteiger partial charge in [-0.1, -0.05) is 12.1 Å². The van der Waals surface area contributed by atoms with Gasteiger partial charge in [-0.25, -0.2) is 4.39 Å². The van der Waals surface area contributed by atoms with E-state index in [4.69, 9.17) is 9.47 Å². The van der Waals surface area contributed by atoms with E-state index in [0.717, 1.165) is 11.8 Å². The van der Waals surface area contributed by atoms with E-state index in [1.807, 2.05) is 0 Å². The Labute approximate surface area is 115 Å². The molecule has 1 aliphatic heterocycles. The Morgan fingerprint density at radius 1 is 1.30 bits per heavy atom. The molecule has 3 rings (SSSR count). The molecule has 3 nitrogen and oxygen atoms in total. The lowest BCUT2D eigenvalue weighted by Gasteiger charge is -2.12. The first kappa shape index (κ1) is 12.7. The van der Waals surface area contributed by atoms with Gasteiger partial charge < -0.3 is 9.47 Å². The van der Waals surface area contributed by atoms with Crippen molar-refractivity contribution in [3.63, 3.8) is 0 Å². The van der Waals surface area contributed by atoms with Crippen LogP contribution in [0.1, 0.15) is 15.9 Å². The summed E-state index contributed by atoms with van der Waals surface area (Å²) in [4.78, 5) is 10.7. The van der Waals surface area contributed by atoms with Gasteiger partial charge in [0.05, 0.1) is 0 Å². The van der Waals surface area contributed by atoms with E-state index in [-0.39, 0.29) is 11.9 Å². The van der Waals surface area contributed by atoms with Gasteiger partial charge in [-0.15, -0.1) is 0 Å². The summed E-state index contributed by atoms with van der Waals surface area (Å²) in [5.74, 6) is 1.08. The number of benzene rings is 2. The molecular formula is C16H13FO3. The molecule has 0 saturated carbocycles. The molecule has 0 bridgehead atoms. The summed E-state index contributed by atoms with van der Waals surface area (Å²) in [5, 5.41) is 0. The summed E-state index contributed by atoms with van der Waals surface area (Å²) in [7, 11) is 0. The highest BCUT2D eigenvalue weighted by Crippen LogP contribution is 2.29. The molecular weight excluding hydrogens is 259 g/mol. The monoisotopic (exact) mass is 272 g/mol. The molecule has 0 radical (unpaired) electrons. The maximum atomic E-state index is 13.1. The number of aldehydes is 1. The summed E-state index contributed by atoms with van der Waals surface area (Å²) < 4.78 is 24.4. The predicted molar refractivity (Wildman–Crippen MR) is 71.8 cm³/mol. The minimum absolute atomic E-state index is 0.133. The standard InChI is InChI=1S/C16H13FO3/c17-13-4-5-16-12(7-13)8-15(20-16)10-19-14-3-1-2-11(6-14)9-18/h1-7,9,15H,8,10H2. The van der Waals surface area contributed by atoms with Crippen LogP contribution in [0, 0.1) is 5.82 Å². The average Bonchev–Trinajstić information content (AvgIpc) is 2.87. The fraction of sp³-hybridized carbons (Fsp3) is 0.188. The first-order valence-corrected chi connectivity index (χ1v) is 6.38. The average molecular weight is 272 g/mol. The minimum atomic E-state index is -0.257. The maximum absolute atomic E-state index is 13.1. The van der Waals surface area contributed by atoms with Crippen molar-refractivity contribution in [1.29, 1.82) is 0 Å². The number of fused-ring (bicyclic) bond motifs is 1.